The first kappa shape index (κ1) is 15.6. The number of hydrogen-bond donors (Lipinski definition) is 0. The van der Waals surface area contributed by atoms with Gasteiger partial charge in [0.15, 0.2) is 5.65 Å². The molecule has 0 atom stereocenters. The number of aromatic nitrogens is 2. The van der Waals surface area contributed by atoms with Crippen LogP contribution in [-0.2, 0) is 0 Å². The first-order valence-corrected chi connectivity index (χ1v) is 8.43. The average Bonchev–Trinajstić information content (AvgIpc) is 3.02. The summed E-state index contributed by atoms with van der Waals surface area (Å²) in [6, 6.07) is 22.2. The lowest BCUT2D eigenvalue weighted by Crippen LogP contribution is -2.02. The summed E-state index contributed by atoms with van der Waals surface area (Å²) in [4.78, 5) is 9.33. The average molecular weight is 346 g/mol. The molecule has 0 unspecified atom stereocenters. The lowest BCUT2D eigenvalue weighted by molar-refractivity contribution is 1.18. The van der Waals surface area contributed by atoms with Crippen molar-refractivity contribution in [3.63, 3.8) is 0 Å². The van der Waals surface area contributed by atoms with Crippen LogP contribution in [0.2, 0.25) is 5.02 Å². The molecule has 0 saturated carbocycles. The van der Waals surface area contributed by atoms with Crippen LogP contribution in [-0.4, -0.2) is 15.1 Å². The molecule has 2 heterocycles. The summed E-state index contributed by atoms with van der Waals surface area (Å²) in [5.41, 5.74) is 5.50. The van der Waals surface area contributed by atoms with E-state index in [9.17, 15) is 0 Å². The first-order valence-electron chi connectivity index (χ1n) is 8.05. The van der Waals surface area contributed by atoms with E-state index < -0.39 is 0 Å². The van der Waals surface area contributed by atoms with Gasteiger partial charge in [-0.1, -0.05) is 72.3 Å². The molecule has 0 radical (unpaired) electrons. The van der Waals surface area contributed by atoms with E-state index in [1.165, 1.54) is 0 Å². The molecule has 0 spiro atoms. The summed E-state index contributed by atoms with van der Waals surface area (Å²) in [7, 11) is 0. The Labute approximate surface area is 151 Å². The van der Waals surface area contributed by atoms with Gasteiger partial charge in [-0.05, 0) is 13.0 Å². The Morgan fingerprint density at radius 1 is 0.920 bits per heavy atom. The van der Waals surface area contributed by atoms with Gasteiger partial charge in [0.1, 0.15) is 0 Å². The van der Waals surface area contributed by atoms with E-state index in [2.05, 4.69) is 29.2 Å². The molecule has 4 heteroatoms. The molecule has 2 aromatic heterocycles. The van der Waals surface area contributed by atoms with Crippen molar-refractivity contribution in [1.82, 2.24) is 9.38 Å². The van der Waals surface area contributed by atoms with Gasteiger partial charge in [-0.3, -0.25) is 0 Å². The molecule has 0 bridgehead atoms. The molecular weight excluding hydrogens is 330 g/mol. The van der Waals surface area contributed by atoms with Crippen LogP contribution in [0, 0.1) is 6.92 Å². The minimum atomic E-state index is 0.592. The predicted octanol–water partition coefficient (Wildman–Crippen LogP) is 5.47. The van der Waals surface area contributed by atoms with Crippen LogP contribution in [0.1, 0.15) is 16.8 Å². The second-order valence-corrected chi connectivity index (χ2v) is 6.26. The van der Waals surface area contributed by atoms with E-state index in [1.54, 1.807) is 0 Å². The van der Waals surface area contributed by atoms with Gasteiger partial charge in [-0.25, -0.2) is 9.98 Å². The SMILES string of the molecule is Cc1cn2cc(N=C(c3ccccc3)c3ccccc3)cc(Cl)c2n1. The van der Waals surface area contributed by atoms with E-state index in [0.717, 1.165) is 33.9 Å². The van der Waals surface area contributed by atoms with Crippen LogP contribution in [0.15, 0.2) is 84.1 Å². The first-order chi connectivity index (χ1) is 12.2. The zero-order valence-electron chi connectivity index (χ0n) is 13.7. The van der Waals surface area contributed by atoms with E-state index >= 15 is 0 Å². The van der Waals surface area contributed by atoms with Gasteiger partial charge in [-0.2, -0.15) is 0 Å². The highest BCUT2D eigenvalue weighted by Crippen LogP contribution is 2.25. The van der Waals surface area contributed by atoms with Crippen molar-refractivity contribution in [2.24, 2.45) is 4.99 Å². The van der Waals surface area contributed by atoms with E-state index in [-0.39, 0.29) is 0 Å². The lowest BCUT2D eigenvalue weighted by Gasteiger charge is -2.08. The molecular formula is C21H16ClN3. The fourth-order valence-electron chi connectivity index (χ4n) is 2.84. The molecule has 0 N–H and O–H groups in total. The number of pyridine rings is 1. The maximum Gasteiger partial charge on any atom is 0.155 e. The second-order valence-electron chi connectivity index (χ2n) is 5.85. The number of halogens is 1. The number of hydrogen-bond acceptors (Lipinski definition) is 2. The molecule has 0 fully saturated rings. The Hall–Kier alpha value is -2.91. The van der Waals surface area contributed by atoms with E-state index in [1.807, 2.05) is 66.2 Å². The third kappa shape index (κ3) is 3.19. The minimum Gasteiger partial charge on any atom is -0.303 e. The van der Waals surface area contributed by atoms with Crippen molar-refractivity contribution in [2.45, 2.75) is 6.92 Å². The summed E-state index contributed by atoms with van der Waals surface area (Å²) in [5, 5.41) is 0.592. The van der Waals surface area contributed by atoms with Gasteiger partial charge in [-0.15, -0.1) is 0 Å². The second kappa shape index (κ2) is 6.54. The number of aryl methyl sites for hydroxylation is 1. The number of imidazole rings is 1. The number of rotatable bonds is 3. The fourth-order valence-corrected chi connectivity index (χ4v) is 3.10. The predicted molar refractivity (Wildman–Crippen MR) is 103 cm³/mol. The molecule has 25 heavy (non-hydrogen) atoms. The normalized spacial score (nSPS) is 10.8. The largest absolute Gasteiger partial charge is 0.303 e. The minimum absolute atomic E-state index is 0.592. The van der Waals surface area contributed by atoms with Crippen LogP contribution >= 0.6 is 11.6 Å². The number of benzene rings is 2. The van der Waals surface area contributed by atoms with Crippen LogP contribution < -0.4 is 0 Å². The van der Waals surface area contributed by atoms with Crippen LogP contribution in [0.4, 0.5) is 5.69 Å². The summed E-state index contributed by atoms with van der Waals surface area (Å²) >= 11 is 6.40. The standard InChI is InChI=1S/C21H16ClN3/c1-15-13-25-14-18(12-19(22)21(25)23-15)24-20(16-8-4-2-5-9-16)17-10-6-3-7-11-17/h2-14H,1H3. The third-order valence-corrected chi connectivity index (χ3v) is 4.23. The molecule has 122 valence electrons. The Kier molecular flexibility index (Phi) is 4.08. The van der Waals surface area contributed by atoms with Gasteiger partial charge in [0, 0.05) is 23.5 Å². The van der Waals surface area contributed by atoms with Crippen LogP contribution in [0.3, 0.4) is 0 Å². The summed E-state index contributed by atoms with van der Waals surface area (Å²) in [6.07, 6.45) is 3.90. The molecule has 0 aliphatic rings. The maximum absolute atomic E-state index is 6.40. The van der Waals surface area contributed by atoms with Gasteiger partial charge < -0.3 is 4.40 Å². The van der Waals surface area contributed by atoms with E-state index in [0.29, 0.717) is 5.02 Å². The number of nitrogens with zero attached hydrogens (tertiary/aromatic N) is 3. The van der Waals surface area contributed by atoms with Crippen molar-refractivity contribution in [1.29, 1.82) is 0 Å². The van der Waals surface area contributed by atoms with Crippen molar-refractivity contribution >= 4 is 28.6 Å². The molecule has 0 saturated heterocycles. The summed E-state index contributed by atoms with van der Waals surface area (Å²) in [5.74, 6) is 0. The number of aliphatic imine (C=N–C) groups is 1. The Morgan fingerprint density at radius 2 is 1.52 bits per heavy atom. The molecule has 4 rings (SSSR count). The highest BCUT2D eigenvalue weighted by molar-refractivity contribution is 6.33. The lowest BCUT2D eigenvalue weighted by atomic mass is 10.0. The molecule has 3 nitrogen and oxygen atoms in total. The molecule has 0 amide bonds. The molecule has 0 aliphatic heterocycles. The zero-order valence-corrected chi connectivity index (χ0v) is 14.5. The van der Waals surface area contributed by atoms with Gasteiger partial charge in [0.25, 0.3) is 0 Å². The summed E-state index contributed by atoms with van der Waals surface area (Å²) < 4.78 is 1.92. The third-order valence-electron chi connectivity index (χ3n) is 3.95. The van der Waals surface area contributed by atoms with Crippen molar-refractivity contribution in [2.75, 3.05) is 0 Å². The van der Waals surface area contributed by atoms with Gasteiger partial charge >= 0.3 is 0 Å². The Balaban J connectivity index is 1.90. The fraction of sp³-hybridized carbons (Fsp3) is 0.0476. The van der Waals surface area contributed by atoms with Gasteiger partial charge in [0.2, 0.25) is 0 Å². The highest BCUT2D eigenvalue weighted by atomic mass is 35.5. The molecule has 2 aromatic carbocycles. The highest BCUT2D eigenvalue weighted by Gasteiger charge is 2.09. The van der Waals surface area contributed by atoms with E-state index in [4.69, 9.17) is 16.6 Å². The zero-order chi connectivity index (χ0) is 17.2. The maximum atomic E-state index is 6.40. The molecule has 4 aromatic rings. The Morgan fingerprint density at radius 3 is 2.12 bits per heavy atom. The smallest absolute Gasteiger partial charge is 0.155 e. The topological polar surface area (TPSA) is 29.7 Å². The van der Waals surface area contributed by atoms with Crippen LogP contribution in [0.25, 0.3) is 5.65 Å². The summed E-state index contributed by atoms with van der Waals surface area (Å²) in [6.45, 7) is 1.95. The molecule has 0 aliphatic carbocycles. The van der Waals surface area contributed by atoms with Gasteiger partial charge in [0.05, 0.1) is 22.1 Å². The monoisotopic (exact) mass is 345 g/mol. The van der Waals surface area contributed by atoms with Crippen molar-refractivity contribution < 1.29 is 0 Å². The Bertz CT molecular complexity index is 1010. The van der Waals surface area contributed by atoms with Crippen molar-refractivity contribution in [3.05, 3.63) is 101 Å². The number of fused-ring (bicyclic) bond motifs is 1. The quantitative estimate of drug-likeness (QED) is 0.453. The van der Waals surface area contributed by atoms with Crippen molar-refractivity contribution in [3.8, 4) is 0 Å². The van der Waals surface area contributed by atoms with Crippen LogP contribution in [0.5, 0.6) is 0 Å².